The Balaban J connectivity index is 1.33. The maximum absolute atomic E-state index is 13.4. The third-order valence-electron chi connectivity index (χ3n) is 6.57. The van der Waals surface area contributed by atoms with E-state index in [1.807, 2.05) is 0 Å². The summed E-state index contributed by atoms with van der Waals surface area (Å²) in [5.41, 5.74) is 0.0310. The predicted molar refractivity (Wildman–Crippen MR) is 116 cm³/mol. The SMILES string of the molecule is CC(C)(C)[Si](C)(C)OCCNC12CC(NC(=O)COc3ccc(Cl)c(F)c3)(C1)C2. The van der Waals surface area contributed by atoms with Crippen molar-refractivity contribution in [3.05, 3.63) is 29.0 Å². The zero-order valence-electron chi connectivity index (χ0n) is 18.0. The number of hydrogen-bond donors (Lipinski definition) is 2. The zero-order valence-corrected chi connectivity index (χ0v) is 19.7. The van der Waals surface area contributed by atoms with Crippen LogP contribution < -0.4 is 15.4 Å². The van der Waals surface area contributed by atoms with Gasteiger partial charge in [0, 0.05) is 30.3 Å². The quantitative estimate of drug-likeness (QED) is 0.443. The lowest BCUT2D eigenvalue weighted by Crippen LogP contribution is -2.83. The van der Waals surface area contributed by atoms with E-state index in [0.29, 0.717) is 5.75 Å². The summed E-state index contributed by atoms with van der Waals surface area (Å²) in [6, 6.07) is 4.14. The smallest absolute Gasteiger partial charge is 0.258 e. The summed E-state index contributed by atoms with van der Waals surface area (Å²) in [6.07, 6.45) is 2.80. The number of nitrogens with one attached hydrogen (secondary N) is 2. The van der Waals surface area contributed by atoms with Crippen LogP contribution in [0.5, 0.6) is 5.75 Å². The first kappa shape index (κ1) is 22.5. The minimum atomic E-state index is -1.70. The Morgan fingerprint density at radius 2 is 1.90 bits per heavy atom. The van der Waals surface area contributed by atoms with Crippen LogP contribution in [0.1, 0.15) is 40.0 Å². The van der Waals surface area contributed by atoms with Crippen LogP contribution in [0.15, 0.2) is 18.2 Å². The second-order valence-electron chi connectivity index (χ2n) is 10.0. The average molecular weight is 443 g/mol. The van der Waals surface area contributed by atoms with Crippen molar-refractivity contribution in [3.8, 4) is 5.75 Å². The number of carbonyl (C=O) groups excluding carboxylic acids is 1. The molecule has 1 aromatic rings. The number of ether oxygens (including phenoxy) is 1. The third-order valence-corrected chi connectivity index (χ3v) is 11.4. The molecule has 2 N–H and O–H groups in total. The van der Waals surface area contributed by atoms with Gasteiger partial charge in [0.25, 0.3) is 5.91 Å². The summed E-state index contributed by atoms with van der Waals surface area (Å²) >= 11 is 5.64. The van der Waals surface area contributed by atoms with Gasteiger partial charge in [0.1, 0.15) is 11.6 Å². The van der Waals surface area contributed by atoms with Gasteiger partial charge < -0.3 is 19.8 Å². The molecule has 5 nitrogen and oxygen atoms in total. The summed E-state index contributed by atoms with van der Waals surface area (Å²) in [5.74, 6) is -0.455. The van der Waals surface area contributed by atoms with Crippen molar-refractivity contribution in [1.29, 1.82) is 0 Å². The maximum Gasteiger partial charge on any atom is 0.258 e. The monoisotopic (exact) mass is 442 g/mol. The lowest BCUT2D eigenvalue weighted by molar-refractivity contribution is -0.143. The van der Waals surface area contributed by atoms with Gasteiger partial charge in [-0.1, -0.05) is 32.4 Å². The van der Waals surface area contributed by atoms with Crippen LogP contribution >= 0.6 is 11.6 Å². The fraction of sp³-hybridized carbons (Fsp3) is 0.667. The largest absolute Gasteiger partial charge is 0.484 e. The van der Waals surface area contributed by atoms with E-state index in [9.17, 15) is 9.18 Å². The summed E-state index contributed by atoms with van der Waals surface area (Å²) < 4.78 is 25.0. The van der Waals surface area contributed by atoms with Gasteiger partial charge in [0.15, 0.2) is 14.9 Å². The molecule has 0 radical (unpaired) electrons. The molecule has 0 heterocycles. The molecule has 2 bridgehead atoms. The van der Waals surface area contributed by atoms with Gasteiger partial charge in [-0.25, -0.2) is 4.39 Å². The van der Waals surface area contributed by atoms with Gasteiger partial charge in [-0.3, -0.25) is 4.79 Å². The van der Waals surface area contributed by atoms with E-state index >= 15 is 0 Å². The molecular weight excluding hydrogens is 411 g/mol. The molecule has 4 rings (SSSR count). The highest BCUT2D eigenvalue weighted by Gasteiger charge is 2.68. The Morgan fingerprint density at radius 3 is 2.48 bits per heavy atom. The Morgan fingerprint density at radius 1 is 1.24 bits per heavy atom. The Kier molecular flexibility index (Phi) is 6.09. The van der Waals surface area contributed by atoms with Gasteiger partial charge in [0.05, 0.1) is 5.02 Å². The normalized spacial score (nSPS) is 25.8. The van der Waals surface area contributed by atoms with Gasteiger partial charge in [-0.2, -0.15) is 0 Å². The molecule has 0 saturated heterocycles. The van der Waals surface area contributed by atoms with Crippen molar-refractivity contribution in [2.24, 2.45) is 0 Å². The van der Waals surface area contributed by atoms with Crippen molar-refractivity contribution < 1.29 is 18.3 Å². The molecule has 8 heteroatoms. The number of halogens is 2. The first-order chi connectivity index (χ1) is 13.4. The molecule has 0 aliphatic heterocycles. The van der Waals surface area contributed by atoms with Crippen LogP contribution in [0.2, 0.25) is 23.2 Å². The predicted octanol–water partition coefficient (Wildman–Crippen LogP) is 4.26. The van der Waals surface area contributed by atoms with Gasteiger partial charge in [-0.05, 0) is 49.5 Å². The fourth-order valence-corrected chi connectivity index (χ4v) is 5.16. The van der Waals surface area contributed by atoms with Crippen molar-refractivity contribution in [2.45, 2.75) is 69.2 Å². The van der Waals surface area contributed by atoms with Crippen LogP contribution in [0, 0.1) is 5.82 Å². The number of benzene rings is 1. The van der Waals surface area contributed by atoms with Gasteiger partial charge >= 0.3 is 0 Å². The molecule has 0 aromatic heterocycles. The van der Waals surface area contributed by atoms with Crippen molar-refractivity contribution in [1.82, 2.24) is 10.6 Å². The number of hydrogen-bond acceptors (Lipinski definition) is 4. The second-order valence-corrected chi connectivity index (χ2v) is 15.3. The molecule has 0 atom stereocenters. The van der Waals surface area contributed by atoms with Gasteiger partial charge in [-0.15, -0.1) is 0 Å². The molecule has 1 aromatic carbocycles. The molecule has 162 valence electrons. The highest BCUT2D eigenvalue weighted by atomic mass is 35.5. The van der Waals surface area contributed by atoms with E-state index in [-0.39, 0.29) is 33.7 Å². The zero-order chi connectivity index (χ0) is 21.5. The third kappa shape index (κ3) is 4.95. The molecule has 29 heavy (non-hydrogen) atoms. The second kappa shape index (κ2) is 7.83. The molecule has 3 aliphatic rings. The summed E-state index contributed by atoms with van der Waals surface area (Å²) in [4.78, 5) is 12.2. The molecule has 3 aliphatic carbocycles. The Bertz CT molecular complexity index is 762. The highest BCUT2D eigenvalue weighted by Crippen LogP contribution is 2.60. The Hall–Kier alpha value is -1.15. The minimum Gasteiger partial charge on any atom is -0.484 e. The van der Waals surface area contributed by atoms with E-state index < -0.39 is 14.1 Å². The van der Waals surface area contributed by atoms with Crippen molar-refractivity contribution in [2.75, 3.05) is 19.8 Å². The van der Waals surface area contributed by atoms with E-state index in [4.69, 9.17) is 20.8 Å². The molecule has 3 saturated carbocycles. The first-order valence-corrected chi connectivity index (χ1v) is 13.4. The van der Waals surface area contributed by atoms with Gasteiger partial charge in [0.2, 0.25) is 0 Å². The molecular formula is C21H32ClFN2O3Si. The van der Waals surface area contributed by atoms with E-state index in [1.165, 1.54) is 12.1 Å². The molecule has 0 spiro atoms. The minimum absolute atomic E-state index is 0.0307. The van der Waals surface area contributed by atoms with Crippen LogP contribution in [0.3, 0.4) is 0 Å². The highest BCUT2D eigenvalue weighted by molar-refractivity contribution is 6.74. The molecule has 1 amide bonds. The summed E-state index contributed by atoms with van der Waals surface area (Å²) in [7, 11) is -1.70. The standard InChI is InChI=1S/C21H32ClFN2O3Si/c1-19(2,3)29(4,5)28-9-8-24-20-12-21(13-20,14-20)25-18(26)11-27-15-6-7-16(22)17(23)10-15/h6-7,10,24H,8-9,11-14H2,1-5H3,(H,25,26). The topological polar surface area (TPSA) is 59.6 Å². The van der Waals surface area contributed by atoms with Crippen LogP contribution in [0.25, 0.3) is 0 Å². The number of amides is 1. The molecule has 0 unspecified atom stereocenters. The van der Waals surface area contributed by atoms with E-state index in [0.717, 1.165) is 32.4 Å². The fourth-order valence-electron chi connectivity index (χ4n) is 3.99. The lowest BCUT2D eigenvalue weighted by Gasteiger charge is -2.70. The van der Waals surface area contributed by atoms with Crippen LogP contribution in [-0.4, -0.2) is 45.1 Å². The van der Waals surface area contributed by atoms with Crippen molar-refractivity contribution in [3.63, 3.8) is 0 Å². The Labute approximate surface area is 178 Å². The molecule has 3 fully saturated rings. The maximum atomic E-state index is 13.4. The van der Waals surface area contributed by atoms with E-state index in [2.05, 4.69) is 44.5 Å². The summed E-state index contributed by atoms with van der Waals surface area (Å²) in [6.45, 7) is 12.7. The number of rotatable bonds is 9. The lowest BCUT2D eigenvalue weighted by atomic mass is 9.44. The van der Waals surface area contributed by atoms with E-state index in [1.54, 1.807) is 6.07 Å². The van der Waals surface area contributed by atoms with Crippen LogP contribution in [0.4, 0.5) is 4.39 Å². The first-order valence-electron chi connectivity index (χ1n) is 10.1. The average Bonchev–Trinajstić information content (AvgIpc) is 2.55. The number of carbonyl (C=O) groups is 1. The van der Waals surface area contributed by atoms with Crippen molar-refractivity contribution >= 4 is 25.8 Å². The summed E-state index contributed by atoms with van der Waals surface area (Å²) in [5, 5.41) is 6.93. The van der Waals surface area contributed by atoms with Crippen LogP contribution in [-0.2, 0) is 9.22 Å².